The molecule has 3 heterocycles. The first-order valence-corrected chi connectivity index (χ1v) is 13.4. The van der Waals surface area contributed by atoms with Crippen LogP contribution in [0.5, 0.6) is 0 Å². The lowest BCUT2D eigenvalue weighted by atomic mass is 9.98. The maximum Gasteiger partial charge on any atom is 0.270 e. The number of benzene rings is 3. The minimum Gasteiger partial charge on any atom is -0.354 e. The molecule has 10 heteroatoms. The van der Waals surface area contributed by atoms with Crippen LogP contribution in [-0.4, -0.2) is 37.7 Å². The second-order valence-electron chi connectivity index (χ2n) is 10.2. The van der Waals surface area contributed by atoms with Crippen molar-refractivity contribution in [1.82, 2.24) is 14.5 Å². The molecule has 2 aliphatic rings. The third-order valence-electron chi connectivity index (χ3n) is 7.48. The summed E-state index contributed by atoms with van der Waals surface area (Å²) in [5.41, 5.74) is 5.10. The standard InChI is InChI=1S/C31H28N6O4/c1-35-17-15-32-30(35)22-9-11-23(12-10-22)33-29(28-25-18-24(37(40)41)13-14-26(25)34-31(28)39)21-7-5-20(6-8-21)19-36-16-3-2-4-27(36)38/h5-15,17-18,33H,2-4,16,19H2,1H3,(H,34,39)/b29-28-. The first-order valence-electron chi connectivity index (χ1n) is 13.4. The monoisotopic (exact) mass is 548 g/mol. The summed E-state index contributed by atoms with van der Waals surface area (Å²) in [4.78, 5) is 42.9. The Labute approximate surface area is 236 Å². The Balaban J connectivity index is 1.39. The third kappa shape index (κ3) is 5.19. The SMILES string of the molecule is Cn1ccnc1-c1ccc(N/C(=C2\C(=O)Nc3ccc([N+](=O)[O-])cc32)c2ccc(CN3CCCCC3=O)cc2)cc1. The van der Waals surface area contributed by atoms with Crippen LogP contribution >= 0.6 is 0 Å². The number of nitrogens with one attached hydrogen (secondary N) is 2. The third-order valence-corrected chi connectivity index (χ3v) is 7.48. The molecule has 41 heavy (non-hydrogen) atoms. The van der Waals surface area contributed by atoms with Crippen LogP contribution in [0.25, 0.3) is 22.7 Å². The van der Waals surface area contributed by atoms with Crippen molar-refractivity contribution in [2.45, 2.75) is 25.8 Å². The fourth-order valence-electron chi connectivity index (χ4n) is 5.31. The largest absolute Gasteiger partial charge is 0.354 e. The van der Waals surface area contributed by atoms with E-state index >= 15 is 0 Å². The van der Waals surface area contributed by atoms with Gasteiger partial charge in [0.05, 0.1) is 16.2 Å². The number of fused-ring (bicyclic) bond motifs is 1. The number of hydrogen-bond donors (Lipinski definition) is 2. The minimum absolute atomic E-state index is 0.0990. The molecule has 0 aliphatic carbocycles. The molecule has 0 saturated carbocycles. The number of rotatable bonds is 7. The quantitative estimate of drug-likeness (QED) is 0.180. The van der Waals surface area contributed by atoms with Gasteiger partial charge in [-0.2, -0.15) is 0 Å². The Hall–Kier alpha value is -5.25. The van der Waals surface area contributed by atoms with Crippen molar-refractivity contribution in [3.05, 3.63) is 106 Å². The summed E-state index contributed by atoms with van der Waals surface area (Å²) in [7, 11) is 1.93. The van der Waals surface area contributed by atoms with Gasteiger partial charge in [0.2, 0.25) is 5.91 Å². The van der Waals surface area contributed by atoms with Gasteiger partial charge in [-0.05, 0) is 54.3 Å². The number of non-ortho nitro benzene ring substituents is 1. The first-order chi connectivity index (χ1) is 19.9. The molecule has 6 rings (SSSR count). The lowest BCUT2D eigenvalue weighted by Gasteiger charge is -2.26. The number of anilines is 2. The van der Waals surface area contributed by atoms with E-state index in [9.17, 15) is 19.7 Å². The normalized spacial score (nSPS) is 15.9. The number of carbonyl (C=O) groups is 2. The van der Waals surface area contributed by atoms with Crippen LogP contribution in [0.4, 0.5) is 17.1 Å². The predicted molar refractivity (Wildman–Crippen MR) is 157 cm³/mol. The highest BCUT2D eigenvalue weighted by atomic mass is 16.6. The van der Waals surface area contributed by atoms with Crippen molar-refractivity contribution in [2.75, 3.05) is 17.2 Å². The Kier molecular flexibility index (Phi) is 6.80. The summed E-state index contributed by atoms with van der Waals surface area (Å²) in [5, 5.41) is 17.8. The summed E-state index contributed by atoms with van der Waals surface area (Å²) in [6, 6.07) is 19.8. The van der Waals surface area contributed by atoms with E-state index in [1.165, 1.54) is 12.1 Å². The number of imidazole rings is 1. The zero-order valence-corrected chi connectivity index (χ0v) is 22.5. The molecule has 0 unspecified atom stereocenters. The van der Waals surface area contributed by atoms with E-state index in [4.69, 9.17) is 0 Å². The molecular weight excluding hydrogens is 520 g/mol. The fourth-order valence-corrected chi connectivity index (χ4v) is 5.31. The summed E-state index contributed by atoms with van der Waals surface area (Å²) in [5.74, 6) is 0.643. The van der Waals surface area contributed by atoms with Gasteiger partial charge in [-0.3, -0.25) is 19.7 Å². The molecule has 0 bridgehead atoms. The van der Waals surface area contributed by atoms with Gasteiger partial charge < -0.3 is 20.1 Å². The van der Waals surface area contributed by atoms with Crippen LogP contribution in [0.15, 0.2) is 79.1 Å². The smallest absolute Gasteiger partial charge is 0.270 e. The van der Waals surface area contributed by atoms with E-state index in [1.807, 2.05) is 71.2 Å². The van der Waals surface area contributed by atoms with E-state index in [0.717, 1.165) is 47.6 Å². The van der Waals surface area contributed by atoms with Crippen LogP contribution < -0.4 is 10.6 Å². The van der Waals surface area contributed by atoms with Crippen molar-refractivity contribution in [3.63, 3.8) is 0 Å². The van der Waals surface area contributed by atoms with Gasteiger partial charge in [0.1, 0.15) is 5.82 Å². The van der Waals surface area contributed by atoms with Gasteiger partial charge in [-0.15, -0.1) is 0 Å². The highest BCUT2D eigenvalue weighted by molar-refractivity contribution is 6.37. The lowest BCUT2D eigenvalue weighted by Crippen LogP contribution is -2.34. The number of nitrogens with zero attached hydrogens (tertiary/aromatic N) is 4. The first kappa shape index (κ1) is 26.0. The van der Waals surface area contributed by atoms with Gasteiger partial charge in [0.25, 0.3) is 11.6 Å². The van der Waals surface area contributed by atoms with Crippen molar-refractivity contribution in [1.29, 1.82) is 0 Å². The number of nitro benzene ring substituents is 1. The van der Waals surface area contributed by atoms with Crippen LogP contribution in [0, 0.1) is 10.1 Å². The Morgan fingerprint density at radius 2 is 1.83 bits per heavy atom. The second-order valence-corrected chi connectivity index (χ2v) is 10.2. The van der Waals surface area contributed by atoms with E-state index in [1.54, 1.807) is 12.3 Å². The van der Waals surface area contributed by atoms with Crippen molar-refractivity contribution in [3.8, 4) is 11.4 Å². The summed E-state index contributed by atoms with van der Waals surface area (Å²) < 4.78 is 1.93. The molecule has 2 aliphatic heterocycles. The second kappa shape index (κ2) is 10.7. The van der Waals surface area contributed by atoms with Crippen molar-refractivity contribution < 1.29 is 14.5 Å². The average molecular weight is 549 g/mol. The number of amides is 2. The number of piperidine rings is 1. The number of aromatic nitrogens is 2. The highest BCUT2D eigenvalue weighted by Crippen LogP contribution is 2.39. The number of aryl methyl sites for hydroxylation is 1. The molecule has 1 fully saturated rings. The van der Waals surface area contributed by atoms with E-state index < -0.39 is 4.92 Å². The van der Waals surface area contributed by atoms with Crippen molar-refractivity contribution >= 4 is 40.1 Å². The van der Waals surface area contributed by atoms with Crippen LogP contribution in [-0.2, 0) is 23.2 Å². The number of likely N-dealkylation sites (tertiary alicyclic amines) is 1. The Morgan fingerprint density at radius 1 is 1.05 bits per heavy atom. The molecule has 1 aromatic heterocycles. The van der Waals surface area contributed by atoms with Crippen LogP contribution in [0.1, 0.15) is 36.0 Å². The predicted octanol–water partition coefficient (Wildman–Crippen LogP) is 5.44. The number of hydrogen-bond acceptors (Lipinski definition) is 6. The molecule has 3 aromatic carbocycles. The number of nitro groups is 1. The molecule has 1 saturated heterocycles. The number of carbonyl (C=O) groups excluding carboxylic acids is 2. The zero-order valence-electron chi connectivity index (χ0n) is 22.5. The molecule has 0 atom stereocenters. The minimum atomic E-state index is -0.471. The maximum atomic E-state index is 13.3. The van der Waals surface area contributed by atoms with E-state index in [2.05, 4.69) is 15.6 Å². The van der Waals surface area contributed by atoms with E-state index in [-0.39, 0.29) is 17.5 Å². The van der Waals surface area contributed by atoms with Gasteiger partial charge in [-0.1, -0.05) is 24.3 Å². The van der Waals surface area contributed by atoms with Gasteiger partial charge in [0, 0.05) is 73.6 Å². The molecule has 10 nitrogen and oxygen atoms in total. The highest BCUT2D eigenvalue weighted by Gasteiger charge is 2.30. The van der Waals surface area contributed by atoms with Gasteiger partial charge in [-0.25, -0.2) is 4.98 Å². The Morgan fingerprint density at radius 3 is 2.51 bits per heavy atom. The summed E-state index contributed by atoms with van der Waals surface area (Å²) >= 11 is 0. The Bertz CT molecular complexity index is 1690. The van der Waals surface area contributed by atoms with Crippen molar-refractivity contribution in [2.24, 2.45) is 7.05 Å². The molecule has 206 valence electrons. The van der Waals surface area contributed by atoms with Crippen LogP contribution in [0.2, 0.25) is 0 Å². The van der Waals surface area contributed by atoms with Gasteiger partial charge >= 0.3 is 0 Å². The molecular formula is C31H28N6O4. The molecule has 4 aromatic rings. The fraction of sp³-hybridized carbons (Fsp3) is 0.194. The molecule has 0 radical (unpaired) electrons. The topological polar surface area (TPSA) is 122 Å². The molecule has 0 spiro atoms. The molecule has 2 N–H and O–H groups in total. The van der Waals surface area contributed by atoms with Crippen LogP contribution in [0.3, 0.4) is 0 Å². The maximum absolute atomic E-state index is 13.3. The average Bonchev–Trinajstić information content (AvgIpc) is 3.55. The summed E-state index contributed by atoms with van der Waals surface area (Å²) in [6.07, 6.45) is 6.14. The summed E-state index contributed by atoms with van der Waals surface area (Å²) in [6.45, 7) is 1.28. The molecule has 2 amide bonds. The zero-order chi connectivity index (χ0) is 28.5. The van der Waals surface area contributed by atoms with Gasteiger partial charge in [0.15, 0.2) is 0 Å². The lowest BCUT2D eigenvalue weighted by molar-refractivity contribution is -0.384. The van der Waals surface area contributed by atoms with E-state index in [0.29, 0.717) is 35.5 Å².